The minimum atomic E-state index is -0.457. The Balaban J connectivity index is 2.41. The number of nitrogens with one attached hydrogen (secondary N) is 1. The Hall–Kier alpha value is -2.14. The van der Waals surface area contributed by atoms with E-state index in [1.54, 1.807) is 24.3 Å². The van der Waals surface area contributed by atoms with Gasteiger partial charge in [0.15, 0.2) is 0 Å². The van der Waals surface area contributed by atoms with Crippen LogP contribution in [0.25, 0.3) is 0 Å². The van der Waals surface area contributed by atoms with Crippen molar-refractivity contribution in [1.82, 2.24) is 0 Å². The number of hydrogen-bond acceptors (Lipinski definition) is 4. The molecule has 2 rings (SSSR count). The van der Waals surface area contributed by atoms with E-state index in [4.69, 9.17) is 26.8 Å². The molecule has 0 saturated carbocycles. The van der Waals surface area contributed by atoms with E-state index in [1.807, 2.05) is 0 Å². The number of halogens is 2. The summed E-state index contributed by atoms with van der Waals surface area (Å²) < 4.78 is 24.1. The highest BCUT2D eigenvalue weighted by atomic mass is 35.5. The Morgan fingerprint density at radius 3 is 2.35 bits per heavy atom. The van der Waals surface area contributed by atoms with Crippen LogP contribution in [0.1, 0.15) is 0 Å². The maximum Gasteiger partial charge on any atom is 0.148 e. The molecule has 6 heteroatoms. The molecule has 0 aliphatic rings. The first-order valence-corrected chi connectivity index (χ1v) is 6.16. The summed E-state index contributed by atoms with van der Waals surface area (Å²) in [5.41, 5.74) is 6.69. The minimum absolute atomic E-state index is 0.280. The molecular formula is C14H14ClFN2O2. The van der Waals surface area contributed by atoms with E-state index in [1.165, 1.54) is 20.3 Å². The maximum atomic E-state index is 13.8. The average molecular weight is 297 g/mol. The van der Waals surface area contributed by atoms with Gasteiger partial charge in [-0.2, -0.15) is 0 Å². The molecule has 0 heterocycles. The van der Waals surface area contributed by atoms with E-state index >= 15 is 0 Å². The number of nitrogen functional groups attached to an aromatic ring is 1. The van der Waals surface area contributed by atoms with Crippen LogP contribution in [0.5, 0.6) is 11.5 Å². The van der Waals surface area contributed by atoms with E-state index in [0.717, 1.165) is 0 Å². The summed E-state index contributed by atoms with van der Waals surface area (Å²) in [7, 11) is 3.00. The predicted octanol–water partition coefficient (Wildman–Crippen LogP) is 3.82. The fourth-order valence-corrected chi connectivity index (χ4v) is 1.97. The van der Waals surface area contributed by atoms with Gasteiger partial charge in [0.05, 0.1) is 30.6 Å². The number of nitrogens with two attached hydrogens (primary N) is 1. The molecule has 0 aromatic heterocycles. The van der Waals surface area contributed by atoms with Crippen molar-refractivity contribution in [3.05, 3.63) is 41.2 Å². The molecule has 0 amide bonds. The SMILES string of the molecule is COc1cc(Nc2ccc(N)cc2F)c(OC)cc1Cl. The Bertz CT molecular complexity index is 635. The Morgan fingerprint density at radius 2 is 1.75 bits per heavy atom. The molecule has 106 valence electrons. The fraction of sp³-hybridized carbons (Fsp3) is 0.143. The Kier molecular flexibility index (Phi) is 4.20. The molecule has 0 atom stereocenters. The second-order valence-electron chi connectivity index (χ2n) is 4.05. The van der Waals surface area contributed by atoms with Crippen LogP contribution in [0.4, 0.5) is 21.5 Å². The standard InChI is InChI=1S/C14H14ClFN2O2/c1-19-13-7-12(14(20-2)6-9(13)15)18-11-4-3-8(17)5-10(11)16/h3-7,18H,17H2,1-2H3. The molecule has 0 saturated heterocycles. The van der Waals surface area contributed by atoms with E-state index in [-0.39, 0.29) is 5.69 Å². The lowest BCUT2D eigenvalue weighted by Gasteiger charge is -2.14. The first kappa shape index (κ1) is 14.3. The van der Waals surface area contributed by atoms with E-state index in [9.17, 15) is 4.39 Å². The molecule has 0 aliphatic carbocycles. The van der Waals surface area contributed by atoms with Crippen molar-refractivity contribution in [1.29, 1.82) is 0 Å². The van der Waals surface area contributed by atoms with Crippen molar-refractivity contribution in [3.63, 3.8) is 0 Å². The van der Waals surface area contributed by atoms with Crippen molar-refractivity contribution in [2.45, 2.75) is 0 Å². The molecule has 0 radical (unpaired) electrons. The van der Waals surface area contributed by atoms with Crippen LogP contribution >= 0.6 is 11.6 Å². The summed E-state index contributed by atoms with van der Waals surface area (Å²) in [4.78, 5) is 0. The van der Waals surface area contributed by atoms with Crippen LogP contribution in [-0.4, -0.2) is 14.2 Å². The first-order valence-electron chi connectivity index (χ1n) is 5.78. The summed E-state index contributed by atoms with van der Waals surface area (Å²) >= 11 is 6.01. The smallest absolute Gasteiger partial charge is 0.148 e. The lowest BCUT2D eigenvalue weighted by molar-refractivity contribution is 0.405. The van der Waals surface area contributed by atoms with Gasteiger partial charge in [0.1, 0.15) is 17.3 Å². The second-order valence-corrected chi connectivity index (χ2v) is 4.46. The van der Waals surface area contributed by atoms with E-state index in [0.29, 0.717) is 27.9 Å². The lowest BCUT2D eigenvalue weighted by Crippen LogP contribution is -1.99. The van der Waals surface area contributed by atoms with Crippen LogP contribution in [0.15, 0.2) is 30.3 Å². The van der Waals surface area contributed by atoms with Gasteiger partial charge in [-0.3, -0.25) is 0 Å². The summed E-state index contributed by atoms with van der Waals surface area (Å²) in [5.74, 6) is 0.485. The zero-order valence-corrected chi connectivity index (χ0v) is 11.8. The van der Waals surface area contributed by atoms with E-state index < -0.39 is 5.82 Å². The Labute approximate surface area is 121 Å². The molecule has 20 heavy (non-hydrogen) atoms. The molecule has 0 unspecified atom stereocenters. The first-order chi connectivity index (χ1) is 9.55. The van der Waals surface area contributed by atoms with Crippen LogP contribution < -0.4 is 20.5 Å². The van der Waals surface area contributed by atoms with Gasteiger partial charge in [-0.05, 0) is 18.2 Å². The third-order valence-electron chi connectivity index (χ3n) is 2.74. The third kappa shape index (κ3) is 2.88. The molecule has 4 nitrogen and oxygen atoms in total. The predicted molar refractivity (Wildman–Crippen MR) is 78.7 cm³/mol. The highest BCUT2D eigenvalue weighted by molar-refractivity contribution is 6.32. The quantitative estimate of drug-likeness (QED) is 0.842. The van der Waals surface area contributed by atoms with Gasteiger partial charge in [0, 0.05) is 17.8 Å². The summed E-state index contributed by atoms with van der Waals surface area (Å²) in [6.45, 7) is 0. The van der Waals surface area contributed by atoms with Crippen LogP contribution in [0, 0.1) is 5.82 Å². The van der Waals surface area contributed by atoms with Gasteiger partial charge in [-0.15, -0.1) is 0 Å². The molecule has 0 aliphatic heterocycles. The normalized spacial score (nSPS) is 10.2. The largest absolute Gasteiger partial charge is 0.495 e. The van der Waals surface area contributed by atoms with Crippen molar-refractivity contribution in [2.24, 2.45) is 0 Å². The molecule has 0 spiro atoms. The second kappa shape index (κ2) is 5.88. The Morgan fingerprint density at radius 1 is 1.05 bits per heavy atom. The van der Waals surface area contributed by atoms with Gasteiger partial charge in [-0.1, -0.05) is 11.6 Å². The lowest BCUT2D eigenvalue weighted by atomic mass is 10.2. The minimum Gasteiger partial charge on any atom is -0.495 e. The topological polar surface area (TPSA) is 56.5 Å². The zero-order chi connectivity index (χ0) is 14.7. The van der Waals surface area contributed by atoms with Crippen LogP contribution in [-0.2, 0) is 0 Å². The van der Waals surface area contributed by atoms with Gasteiger partial charge < -0.3 is 20.5 Å². The van der Waals surface area contributed by atoms with Crippen LogP contribution in [0.2, 0.25) is 5.02 Å². The number of ether oxygens (including phenoxy) is 2. The summed E-state index contributed by atoms with van der Waals surface area (Å²) in [5, 5.41) is 3.34. The molecular weight excluding hydrogens is 283 g/mol. The number of hydrogen-bond donors (Lipinski definition) is 2. The maximum absolute atomic E-state index is 13.8. The number of benzene rings is 2. The molecule has 0 bridgehead atoms. The van der Waals surface area contributed by atoms with Gasteiger partial charge in [0.25, 0.3) is 0 Å². The highest BCUT2D eigenvalue weighted by Crippen LogP contribution is 2.37. The van der Waals surface area contributed by atoms with Crippen molar-refractivity contribution < 1.29 is 13.9 Å². The van der Waals surface area contributed by atoms with E-state index in [2.05, 4.69) is 5.32 Å². The van der Waals surface area contributed by atoms with Crippen molar-refractivity contribution >= 4 is 28.7 Å². The number of methoxy groups -OCH3 is 2. The summed E-state index contributed by atoms with van der Waals surface area (Å²) in [6.07, 6.45) is 0. The van der Waals surface area contributed by atoms with Crippen LogP contribution in [0.3, 0.4) is 0 Å². The molecule has 2 aromatic carbocycles. The molecule has 2 aromatic rings. The van der Waals surface area contributed by atoms with Gasteiger partial charge in [0.2, 0.25) is 0 Å². The molecule has 3 N–H and O–H groups in total. The van der Waals surface area contributed by atoms with Crippen molar-refractivity contribution in [3.8, 4) is 11.5 Å². The van der Waals surface area contributed by atoms with Gasteiger partial charge in [-0.25, -0.2) is 4.39 Å². The number of anilines is 3. The fourth-order valence-electron chi connectivity index (χ4n) is 1.74. The molecule has 0 fully saturated rings. The average Bonchev–Trinajstić information content (AvgIpc) is 2.43. The number of rotatable bonds is 4. The van der Waals surface area contributed by atoms with Crippen molar-refractivity contribution in [2.75, 3.05) is 25.3 Å². The highest BCUT2D eigenvalue weighted by Gasteiger charge is 2.12. The summed E-state index contributed by atoms with van der Waals surface area (Å²) in [6, 6.07) is 7.62. The zero-order valence-electron chi connectivity index (χ0n) is 11.0. The van der Waals surface area contributed by atoms with Gasteiger partial charge >= 0.3 is 0 Å². The monoisotopic (exact) mass is 296 g/mol. The third-order valence-corrected chi connectivity index (χ3v) is 3.03.